The highest BCUT2D eigenvalue weighted by Crippen LogP contribution is 2.36. The van der Waals surface area contributed by atoms with Crippen LogP contribution in [0.2, 0.25) is 0 Å². The number of hydrogen-bond donors (Lipinski definition) is 0. The van der Waals surface area contributed by atoms with Crippen molar-refractivity contribution in [1.82, 2.24) is 19.7 Å². The van der Waals surface area contributed by atoms with Gasteiger partial charge >= 0.3 is 0 Å². The second-order valence-corrected chi connectivity index (χ2v) is 7.93. The van der Waals surface area contributed by atoms with Crippen LogP contribution in [0.25, 0.3) is 11.1 Å². The number of amides is 1. The predicted molar refractivity (Wildman–Crippen MR) is 116 cm³/mol. The molecular weight excluding hydrogens is 376 g/mol. The van der Waals surface area contributed by atoms with Gasteiger partial charge in [0.05, 0.1) is 25.3 Å². The summed E-state index contributed by atoms with van der Waals surface area (Å²) in [6.45, 7) is 2.79. The molecule has 0 N–H and O–H groups in total. The van der Waals surface area contributed by atoms with Crippen LogP contribution >= 0.6 is 0 Å². The number of pyridine rings is 1. The highest BCUT2D eigenvalue weighted by Gasteiger charge is 2.32. The van der Waals surface area contributed by atoms with Gasteiger partial charge in [0, 0.05) is 43.3 Å². The van der Waals surface area contributed by atoms with Crippen molar-refractivity contribution in [3.05, 3.63) is 65.7 Å². The van der Waals surface area contributed by atoms with Crippen molar-refractivity contribution in [3.8, 4) is 16.9 Å². The smallest absolute Gasteiger partial charge is 0.227 e. The Labute approximate surface area is 177 Å². The Morgan fingerprint density at radius 1 is 1.20 bits per heavy atom. The lowest BCUT2D eigenvalue weighted by molar-refractivity contribution is -0.134. The number of methoxy groups -OCH3 is 1. The number of rotatable bonds is 5. The summed E-state index contributed by atoms with van der Waals surface area (Å²) in [6.07, 6.45) is 8.98. The van der Waals surface area contributed by atoms with Gasteiger partial charge in [-0.15, -0.1) is 0 Å². The van der Waals surface area contributed by atoms with Gasteiger partial charge in [-0.2, -0.15) is 5.10 Å². The van der Waals surface area contributed by atoms with Gasteiger partial charge in [0.2, 0.25) is 5.91 Å². The van der Waals surface area contributed by atoms with Gasteiger partial charge < -0.3 is 9.64 Å². The third kappa shape index (κ3) is 4.08. The Morgan fingerprint density at radius 2 is 2.00 bits per heavy atom. The van der Waals surface area contributed by atoms with Gasteiger partial charge in [0.1, 0.15) is 5.75 Å². The standard InChI is InChI=1S/C24H28N4O2/c1-17-7-8-22(30-3)19(14-17)15-23(29)28-13-5-4-6-21(28)24-20(16-27(2)26-24)18-9-11-25-12-10-18/h7-12,14,16,21H,4-6,13,15H2,1-3H3/t21-/m1/s1. The van der Waals surface area contributed by atoms with Crippen molar-refractivity contribution in [3.63, 3.8) is 0 Å². The highest BCUT2D eigenvalue weighted by molar-refractivity contribution is 5.80. The van der Waals surface area contributed by atoms with E-state index in [-0.39, 0.29) is 11.9 Å². The van der Waals surface area contributed by atoms with Crippen LogP contribution in [0.5, 0.6) is 5.75 Å². The number of carbonyl (C=O) groups excluding carboxylic acids is 1. The predicted octanol–water partition coefficient (Wildman–Crippen LogP) is 4.10. The summed E-state index contributed by atoms with van der Waals surface area (Å²) in [5.74, 6) is 0.882. The van der Waals surface area contributed by atoms with Crippen molar-refractivity contribution in [2.75, 3.05) is 13.7 Å². The number of aromatic nitrogens is 3. The molecule has 1 aliphatic rings. The molecule has 0 spiro atoms. The summed E-state index contributed by atoms with van der Waals surface area (Å²) < 4.78 is 7.33. The van der Waals surface area contributed by atoms with Crippen LogP contribution in [-0.2, 0) is 18.3 Å². The first-order valence-corrected chi connectivity index (χ1v) is 10.4. The van der Waals surface area contributed by atoms with Crippen LogP contribution in [0.3, 0.4) is 0 Å². The minimum Gasteiger partial charge on any atom is -0.496 e. The molecule has 1 fully saturated rings. The molecule has 0 aliphatic carbocycles. The molecule has 1 amide bonds. The normalized spacial score (nSPS) is 16.5. The van der Waals surface area contributed by atoms with E-state index in [0.717, 1.165) is 59.5 Å². The first-order chi connectivity index (χ1) is 14.6. The second-order valence-electron chi connectivity index (χ2n) is 7.93. The molecular formula is C24H28N4O2. The van der Waals surface area contributed by atoms with E-state index in [4.69, 9.17) is 9.84 Å². The second kappa shape index (κ2) is 8.69. The molecule has 1 saturated heterocycles. The summed E-state index contributed by atoms with van der Waals surface area (Å²) in [7, 11) is 3.58. The van der Waals surface area contributed by atoms with Gasteiger partial charge in [-0.05, 0) is 49.9 Å². The van der Waals surface area contributed by atoms with Gasteiger partial charge in [0.15, 0.2) is 0 Å². The van der Waals surface area contributed by atoms with E-state index in [0.29, 0.717) is 6.42 Å². The molecule has 3 aromatic rings. The quantitative estimate of drug-likeness (QED) is 0.642. The Hall–Kier alpha value is -3.15. The maximum Gasteiger partial charge on any atom is 0.227 e. The zero-order valence-corrected chi connectivity index (χ0v) is 17.8. The molecule has 0 unspecified atom stereocenters. The third-order valence-electron chi connectivity index (χ3n) is 5.77. The molecule has 4 rings (SSSR count). The van der Waals surface area contributed by atoms with E-state index < -0.39 is 0 Å². The van der Waals surface area contributed by atoms with Crippen LogP contribution in [0, 0.1) is 6.92 Å². The Bertz CT molecular complexity index is 1030. The van der Waals surface area contributed by atoms with E-state index in [1.165, 1.54) is 0 Å². The SMILES string of the molecule is COc1ccc(C)cc1CC(=O)N1CCCC[C@@H]1c1nn(C)cc1-c1ccncc1. The van der Waals surface area contributed by atoms with Crippen LogP contribution in [0.4, 0.5) is 0 Å². The molecule has 30 heavy (non-hydrogen) atoms. The fourth-order valence-electron chi connectivity index (χ4n) is 4.33. The van der Waals surface area contributed by atoms with Crippen molar-refractivity contribution < 1.29 is 9.53 Å². The van der Waals surface area contributed by atoms with Crippen LogP contribution in [0.1, 0.15) is 42.1 Å². The molecule has 1 aliphatic heterocycles. The van der Waals surface area contributed by atoms with Crippen LogP contribution < -0.4 is 4.74 Å². The van der Waals surface area contributed by atoms with E-state index in [9.17, 15) is 4.79 Å². The monoisotopic (exact) mass is 404 g/mol. The molecule has 0 radical (unpaired) electrons. The zero-order chi connectivity index (χ0) is 21.1. The number of benzene rings is 1. The zero-order valence-electron chi connectivity index (χ0n) is 17.8. The van der Waals surface area contributed by atoms with Gasteiger partial charge in [-0.25, -0.2) is 0 Å². The minimum absolute atomic E-state index is 0.0218. The van der Waals surface area contributed by atoms with E-state index in [1.807, 2.05) is 60.1 Å². The number of piperidine rings is 1. The summed E-state index contributed by atoms with van der Waals surface area (Å²) in [4.78, 5) is 19.6. The number of likely N-dealkylation sites (tertiary alicyclic amines) is 1. The number of carbonyl (C=O) groups is 1. The van der Waals surface area contributed by atoms with Crippen molar-refractivity contribution in [2.24, 2.45) is 7.05 Å². The van der Waals surface area contributed by atoms with E-state index in [1.54, 1.807) is 19.5 Å². The largest absolute Gasteiger partial charge is 0.496 e. The summed E-state index contributed by atoms with van der Waals surface area (Å²) in [6, 6.07) is 9.95. The number of nitrogens with zero attached hydrogens (tertiary/aromatic N) is 4. The minimum atomic E-state index is -0.0218. The fourth-order valence-corrected chi connectivity index (χ4v) is 4.33. The molecule has 0 bridgehead atoms. The lowest BCUT2D eigenvalue weighted by Gasteiger charge is -2.35. The number of ether oxygens (including phenoxy) is 1. The van der Waals surface area contributed by atoms with Crippen LogP contribution in [-0.4, -0.2) is 39.2 Å². The van der Waals surface area contributed by atoms with E-state index in [2.05, 4.69) is 4.98 Å². The van der Waals surface area contributed by atoms with Gasteiger partial charge in [-0.1, -0.05) is 17.7 Å². The van der Waals surface area contributed by atoms with E-state index >= 15 is 0 Å². The average Bonchev–Trinajstić information content (AvgIpc) is 3.16. The molecule has 1 aromatic carbocycles. The topological polar surface area (TPSA) is 60.2 Å². The van der Waals surface area contributed by atoms with Crippen molar-refractivity contribution in [2.45, 2.75) is 38.6 Å². The maximum atomic E-state index is 13.4. The number of hydrogen-bond acceptors (Lipinski definition) is 4. The maximum absolute atomic E-state index is 13.4. The fraction of sp³-hybridized carbons (Fsp3) is 0.375. The molecule has 1 atom stereocenters. The molecule has 2 aromatic heterocycles. The molecule has 6 nitrogen and oxygen atoms in total. The number of aryl methyl sites for hydroxylation is 2. The van der Waals surface area contributed by atoms with Crippen molar-refractivity contribution >= 4 is 5.91 Å². The van der Waals surface area contributed by atoms with Crippen molar-refractivity contribution in [1.29, 1.82) is 0 Å². The first-order valence-electron chi connectivity index (χ1n) is 10.4. The third-order valence-corrected chi connectivity index (χ3v) is 5.77. The molecule has 0 saturated carbocycles. The van der Waals surface area contributed by atoms with Crippen LogP contribution in [0.15, 0.2) is 48.9 Å². The molecule has 6 heteroatoms. The van der Waals surface area contributed by atoms with Gasteiger partial charge in [0.25, 0.3) is 0 Å². The lowest BCUT2D eigenvalue weighted by Crippen LogP contribution is -2.39. The Balaban J connectivity index is 1.65. The molecule has 3 heterocycles. The Kier molecular flexibility index (Phi) is 5.84. The highest BCUT2D eigenvalue weighted by atomic mass is 16.5. The Morgan fingerprint density at radius 3 is 2.77 bits per heavy atom. The summed E-state index contributed by atoms with van der Waals surface area (Å²) >= 11 is 0. The molecule has 156 valence electrons. The lowest BCUT2D eigenvalue weighted by atomic mass is 9.94. The average molecular weight is 405 g/mol. The summed E-state index contributed by atoms with van der Waals surface area (Å²) in [5, 5.41) is 4.78. The first kappa shape index (κ1) is 20.1. The van der Waals surface area contributed by atoms with Gasteiger partial charge in [-0.3, -0.25) is 14.5 Å². The summed E-state index contributed by atoms with van der Waals surface area (Å²) in [5.41, 5.74) is 5.16.